The molecule has 4 nitrogen and oxygen atoms in total. The summed E-state index contributed by atoms with van der Waals surface area (Å²) in [6, 6.07) is 7.86. The van der Waals surface area contributed by atoms with Gasteiger partial charge in [0.15, 0.2) is 11.6 Å². The zero-order valence-corrected chi connectivity index (χ0v) is 10.4. The van der Waals surface area contributed by atoms with Crippen LogP contribution in [0.5, 0.6) is 0 Å². The molecule has 0 spiro atoms. The average molecular weight is 257 g/mol. The fourth-order valence-corrected chi connectivity index (χ4v) is 3.25. The molecule has 0 saturated heterocycles. The highest BCUT2D eigenvalue weighted by atomic mass is 32.1. The van der Waals surface area contributed by atoms with Crippen LogP contribution in [-0.4, -0.2) is 10.1 Å². The summed E-state index contributed by atoms with van der Waals surface area (Å²) < 4.78 is 6.43. The van der Waals surface area contributed by atoms with Crippen LogP contribution < -0.4 is 5.73 Å². The van der Waals surface area contributed by atoms with E-state index in [1.807, 2.05) is 12.1 Å². The Morgan fingerprint density at radius 3 is 2.94 bits per heavy atom. The van der Waals surface area contributed by atoms with Gasteiger partial charge in [-0.15, -0.1) is 11.3 Å². The molecule has 0 unspecified atom stereocenters. The fraction of sp³-hybridized carbons (Fsp3) is 0.231. The van der Waals surface area contributed by atoms with Crippen LogP contribution in [-0.2, 0) is 0 Å². The highest BCUT2D eigenvalue weighted by Crippen LogP contribution is 2.44. The van der Waals surface area contributed by atoms with Crippen molar-refractivity contribution < 1.29 is 4.52 Å². The number of para-hydroxylation sites is 1. The molecule has 1 saturated carbocycles. The summed E-state index contributed by atoms with van der Waals surface area (Å²) >= 11 is 1.78. The molecule has 1 aromatic carbocycles. The van der Waals surface area contributed by atoms with Gasteiger partial charge in [-0.2, -0.15) is 0 Å². The van der Waals surface area contributed by atoms with E-state index in [9.17, 15) is 0 Å². The summed E-state index contributed by atoms with van der Waals surface area (Å²) in [6.07, 6.45) is 2.54. The van der Waals surface area contributed by atoms with Crippen LogP contribution in [0.3, 0.4) is 0 Å². The van der Waals surface area contributed by atoms with Crippen molar-refractivity contribution in [1.29, 1.82) is 0 Å². The van der Waals surface area contributed by atoms with E-state index in [1.54, 1.807) is 17.4 Å². The van der Waals surface area contributed by atoms with E-state index < -0.39 is 0 Å². The topological polar surface area (TPSA) is 64.9 Å². The van der Waals surface area contributed by atoms with Crippen LogP contribution in [0.4, 0.5) is 5.82 Å². The van der Waals surface area contributed by atoms with Crippen molar-refractivity contribution in [2.75, 3.05) is 5.73 Å². The largest absolute Gasteiger partial charge is 0.381 e. The van der Waals surface area contributed by atoms with E-state index >= 15 is 0 Å². The molecule has 0 aliphatic heterocycles. The average Bonchev–Trinajstić information content (AvgIpc) is 2.99. The molecule has 18 heavy (non-hydrogen) atoms. The highest BCUT2D eigenvalue weighted by Gasteiger charge is 2.27. The number of hydrogen-bond acceptors (Lipinski definition) is 5. The van der Waals surface area contributed by atoms with E-state index in [1.165, 1.54) is 22.5 Å². The van der Waals surface area contributed by atoms with Crippen LogP contribution in [0.25, 0.3) is 21.5 Å². The molecule has 1 fully saturated rings. The van der Waals surface area contributed by atoms with Gasteiger partial charge in [0.2, 0.25) is 0 Å². The van der Waals surface area contributed by atoms with Gasteiger partial charge in [0.1, 0.15) is 0 Å². The zero-order chi connectivity index (χ0) is 12.1. The predicted molar refractivity (Wildman–Crippen MR) is 71.5 cm³/mol. The number of thiazole rings is 1. The SMILES string of the molecule is Nc1cc(-c2cccc3sc(C4CC4)nc23)on1. The number of benzene rings is 1. The Morgan fingerprint density at radius 1 is 1.33 bits per heavy atom. The van der Waals surface area contributed by atoms with Crippen LogP contribution in [0.1, 0.15) is 23.8 Å². The van der Waals surface area contributed by atoms with Gasteiger partial charge in [0.25, 0.3) is 0 Å². The third kappa shape index (κ3) is 1.51. The van der Waals surface area contributed by atoms with Gasteiger partial charge in [0.05, 0.1) is 15.2 Å². The molecule has 2 heterocycles. The Labute approximate surface area is 107 Å². The third-order valence-corrected chi connectivity index (χ3v) is 4.34. The lowest BCUT2D eigenvalue weighted by molar-refractivity contribution is 0.436. The normalized spacial score (nSPS) is 15.3. The molecule has 5 heteroatoms. The first-order valence-corrected chi connectivity index (χ1v) is 6.75. The maximum absolute atomic E-state index is 5.60. The summed E-state index contributed by atoms with van der Waals surface area (Å²) in [4.78, 5) is 4.75. The van der Waals surface area contributed by atoms with Gasteiger partial charge in [-0.25, -0.2) is 4.98 Å². The van der Waals surface area contributed by atoms with Crippen LogP contribution in [0.2, 0.25) is 0 Å². The van der Waals surface area contributed by atoms with E-state index in [-0.39, 0.29) is 0 Å². The first-order chi connectivity index (χ1) is 8.81. The number of anilines is 1. The molecule has 1 aliphatic carbocycles. The molecule has 90 valence electrons. The van der Waals surface area contributed by atoms with Crippen LogP contribution in [0.15, 0.2) is 28.8 Å². The first kappa shape index (κ1) is 10.1. The lowest BCUT2D eigenvalue weighted by Crippen LogP contribution is -1.81. The Kier molecular flexibility index (Phi) is 1.99. The van der Waals surface area contributed by atoms with E-state index in [0.29, 0.717) is 17.5 Å². The quantitative estimate of drug-likeness (QED) is 0.764. The van der Waals surface area contributed by atoms with Crippen LogP contribution >= 0.6 is 11.3 Å². The van der Waals surface area contributed by atoms with Crippen molar-refractivity contribution in [3.8, 4) is 11.3 Å². The van der Waals surface area contributed by atoms with E-state index in [4.69, 9.17) is 15.2 Å². The molecule has 2 aromatic heterocycles. The molecular weight excluding hydrogens is 246 g/mol. The fourth-order valence-electron chi connectivity index (χ4n) is 2.09. The molecule has 0 bridgehead atoms. The van der Waals surface area contributed by atoms with Gasteiger partial charge >= 0.3 is 0 Å². The third-order valence-electron chi connectivity index (χ3n) is 3.16. The molecule has 3 aromatic rings. The molecular formula is C13H11N3OS. The van der Waals surface area contributed by atoms with Crippen molar-refractivity contribution in [3.63, 3.8) is 0 Å². The minimum absolute atomic E-state index is 0.402. The number of hydrogen-bond donors (Lipinski definition) is 1. The standard InChI is InChI=1S/C13H11N3OS/c14-11-6-9(17-16-11)8-2-1-3-10-12(8)15-13(18-10)7-4-5-7/h1-3,6-7H,4-5H2,(H2,14,16). The molecule has 0 amide bonds. The van der Waals surface area contributed by atoms with Gasteiger partial charge in [-0.3, -0.25) is 0 Å². The molecule has 0 atom stereocenters. The van der Waals surface area contributed by atoms with Crippen molar-refractivity contribution in [1.82, 2.24) is 10.1 Å². The van der Waals surface area contributed by atoms with Gasteiger partial charge in [-0.1, -0.05) is 11.2 Å². The van der Waals surface area contributed by atoms with E-state index in [0.717, 1.165) is 11.1 Å². The van der Waals surface area contributed by atoms with Crippen LogP contribution in [0, 0.1) is 0 Å². The summed E-state index contributed by atoms with van der Waals surface area (Å²) in [5.41, 5.74) is 7.57. The van der Waals surface area contributed by atoms with Crippen molar-refractivity contribution in [2.24, 2.45) is 0 Å². The highest BCUT2D eigenvalue weighted by molar-refractivity contribution is 7.18. The number of nitrogens with two attached hydrogens (primary N) is 1. The Hall–Kier alpha value is -1.88. The van der Waals surface area contributed by atoms with Gasteiger partial charge < -0.3 is 10.3 Å². The molecule has 1 aliphatic rings. The van der Waals surface area contributed by atoms with Crippen molar-refractivity contribution in [2.45, 2.75) is 18.8 Å². The Bertz CT molecular complexity index is 727. The monoisotopic (exact) mass is 257 g/mol. The second-order valence-corrected chi connectivity index (χ2v) is 5.66. The number of rotatable bonds is 2. The number of fused-ring (bicyclic) bond motifs is 1. The second-order valence-electron chi connectivity index (χ2n) is 4.59. The smallest absolute Gasteiger partial charge is 0.171 e. The second kappa shape index (κ2) is 3.55. The van der Waals surface area contributed by atoms with E-state index in [2.05, 4.69) is 11.2 Å². The molecule has 0 radical (unpaired) electrons. The lowest BCUT2D eigenvalue weighted by atomic mass is 10.1. The zero-order valence-electron chi connectivity index (χ0n) is 9.59. The Balaban J connectivity index is 1.93. The lowest BCUT2D eigenvalue weighted by Gasteiger charge is -1.95. The number of nitrogens with zero attached hydrogens (tertiary/aromatic N) is 2. The Morgan fingerprint density at radius 2 is 2.22 bits per heavy atom. The van der Waals surface area contributed by atoms with Gasteiger partial charge in [-0.05, 0) is 25.0 Å². The maximum atomic E-state index is 5.60. The summed E-state index contributed by atoms with van der Waals surface area (Å²) in [5, 5.41) is 4.97. The summed E-state index contributed by atoms with van der Waals surface area (Å²) in [7, 11) is 0. The molecule has 4 rings (SSSR count). The summed E-state index contributed by atoms with van der Waals surface area (Å²) in [6.45, 7) is 0. The number of nitrogen functional groups attached to an aromatic ring is 1. The molecule has 2 N–H and O–H groups in total. The minimum Gasteiger partial charge on any atom is -0.381 e. The van der Waals surface area contributed by atoms with Crippen molar-refractivity contribution in [3.05, 3.63) is 29.3 Å². The van der Waals surface area contributed by atoms with Crippen molar-refractivity contribution >= 4 is 27.4 Å². The maximum Gasteiger partial charge on any atom is 0.171 e. The number of aromatic nitrogens is 2. The predicted octanol–water partition coefficient (Wildman–Crippen LogP) is 3.41. The van der Waals surface area contributed by atoms with Gasteiger partial charge in [0, 0.05) is 17.5 Å². The first-order valence-electron chi connectivity index (χ1n) is 5.93. The summed E-state index contributed by atoms with van der Waals surface area (Å²) in [5.74, 6) is 1.76. The minimum atomic E-state index is 0.402.